The van der Waals surface area contributed by atoms with Gasteiger partial charge in [0, 0.05) is 24.7 Å². The lowest BCUT2D eigenvalue weighted by Crippen LogP contribution is -2.42. The molecule has 21 heavy (non-hydrogen) atoms. The molecule has 1 heterocycles. The number of carbonyl (C=O) groups is 1. The lowest BCUT2D eigenvalue weighted by atomic mass is 10.1. The summed E-state index contributed by atoms with van der Waals surface area (Å²) in [6.07, 6.45) is 4.42. The van der Waals surface area contributed by atoms with Crippen LogP contribution in [0.3, 0.4) is 0 Å². The molecule has 2 aliphatic rings. The van der Waals surface area contributed by atoms with Crippen LogP contribution in [0.4, 0.5) is 0 Å². The van der Waals surface area contributed by atoms with Gasteiger partial charge in [-0.05, 0) is 44.4 Å². The minimum atomic E-state index is -0.0775. The van der Waals surface area contributed by atoms with Crippen molar-refractivity contribution in [2.75, 3.05) is 20.2 Å². The van der Waals surface area contributed by atoms with E-state index in [-0.39, 0.29) is 11.7 Å². The van der Waals surface area contributed by atoms with E-state index < -0.39 is 0 Å². The molecule has 1 atom stereocenters. The smallest absolute Gasteiger partial charge is 0.257 e. The molecule has 1 saturated carbocycles. The third-order valence-corrected chi connectivity index (χ3v) is 4.26. The number of phenolic OH excluding ortho intramolecular Hbond substituents is 1. The van der Waals surface area contributed by atoms with E-state index in [0.717, 1.165) is 32.4 Å². The van der Waals surface area contributed by atoms with Gasteiger partial charge in [-0.15, -0.1) is 0 Å². The van der Waals surface area contributed by atoms with Gasteiger partial charge in [0.15, 0.2) is 0 Å². The molecule has 2 N–H and O–H groups in total. The predicted molar refractivity (Wildman–Crippen MR) is 79.7 cm³/mol. The highest BCUT2D eigenvalue weighted by molar-refractivity contribution is 5.97. The van der Waals surface area contributed by atoms with Crippen molar-refractivity contribution < 1.29 is 14.6 Å². The van der Waals surface area contributed by atoms with Crippen molar-refractivity contribution in [3.05, 3.63) is 23.8 Å². The Labute approximate surface area is 124 Å². The Bertz CT molecular complexity index is 522. The van der Waals surface area contributed by atoms with Crippen LogP contribution in [-0.4, -0.2) is 48.2 Å². The maximum absolute atomic E-state index is 12.7. The summed E-state index contributed by atoms with van der Waals surface area (Å²) in [4.78, 5) is 14.7. The number of carbonyl (C=O) groups excluding carboxylic acids is 1. The Kier molecular flexibility index (Phi) is 4.01. The second-order valence-corrected chi connectivity index (χ2v) is 5.87. The van der Waals surface area contributed by atoms with Crippen LogP contribution in [0.15, 0.2) is 18.2 Å². The summed E-state index contributed by atoms with van der Waals surface area (Å²) in [5, 5.41) is 13.5. The Morgan fingerprint density at radius 2 is 2.24 bits per heavy atom. The van der Waals surface area contributed by atoms with E-state index in [1.54, 1.807) is 19.2 Å². The molecule has 2 fully saturated rings. The number of amides is 1. The first-order valence-electron chi connectivity index (χ1n) is 7.60. The van der Waals surface area contributed by atoms with Gasteiger partial charge < -0.3 is 20.1 Å². The van der Waals surface area contributed by atoms with Crippen LogP contribution in [0.1, 0.15) is 36.0 Å². The molecule has 1 aliphatic heterocycles. The second kappa shape index (κ2) is 5.93. The monoisotopic (exact) mass is 290 g/mol. The van der Waals surface area contributed by atoms with Crippen molar-refractivity contribution in [3.63, 3.8) is 0 Å². The molecule has 0 bridgehead atoms. The maximum Gasteiger partial charge on any atom is 0.257 e. The summed E-state index contributed by atoms with van der Waals surface area (Å²) in [7, 11) is 1.54. The van der Waals surface area contributed by atoms with Crippen LogP contribution in [-0.2, 0) is 0 Å². The Balaban J connectivity index is 1.77. The highest BCUT2D eigenvalue weighted by atomic mass is 16.5. The van der Waals surface area contributed by atoms with Crippen molar-refractivity contribution in [2.45, 2.75) is 37.8 Å². The zero-order valence-electron chi connectivity index (χ0n) is 12.3. The third kappa shape index (κ3) is 3.13. The van der Waals surface area contributed by atoms with Gasteiger partial charge in [-0.25, -0.2) is 0 Å². The second-order valence-electron chi connectivity index (χ2n) is 5.87. The van der Waals surface area contributed by atoms with Gasteiger partial charge in [-0.1, -0.05) is 0 Å². The van der Waals surface area contributed by atoms with Crippen molar-refractivity contribution >= 4 is 5.91 Å². The zero-order valence-corrected chi connectivity index (χ0v) is 12.3. The highest BCUT2D eigenvalue weighted by Crippen LogP contribution is 2.32. The highest BCUT2D eigenvalue weighted by Gasteiger charge is 2.35. The van der Waals surface area contributed by atoms with Crippen LogP contribution in [0.25, 0.3) is 0 Å². The summed E-state index contributed by atoms with van der Waals surface area (Å²) in [6, 6.07) is 5.57. The van der Waals surface area contributed by atoms with Gasteiger partial charge in [0.1, 0.15) is 11.5 Å². The Morgan fingerprint density at radius 3 is 2.81 bits per heavy atom. The zero-order chi connectivity index (χ0) is 14.8. The normalized spacial score (nSPS) is 21.3. The van der Waals surface area contributed by atoms with E-state index in [4.69, 9.17) is 4.74 Å². The minimum absolute atomic E-state index is 0.00983. The maximum atomic E-state index is 12.7. The van der Waals surface area contributed by atoms with Crippen LogP contribution in [0.5, 0.6) is 11.5 Å². The van der Waals surface area contributed by atoms with Crippen molar-refractivity contribution in [1.82, 2.24) is 10.2 Å². The summed E-state index contributed by atoms with van der Waals surface area (Å²) in [6.45, 7) is 1.76. The Morgan fingerprint density at radius 1 is 1.43 bits per heavy atom. The molecule has 1 aromatic rings. The van der Waals surface area contributed by atoms with Gasteiger partial charge >= 0.3 is 0 Å². The molecule has 5 heteroatoms. The van der Waals surface area contributed by atoms with Crippen LogP contribution >= 0.6 is 0 Å². The molecule has 1 aliphatic carbocycles. The molecule has 5 nitrogen and oxygen atoms in total. The Hall–Kier alpha value is -1.75. The largest absolute Gasteiger partial charge is 0.507 e. The molecule has 1 saturated heterocycles. The van der Waals surface area contributed by atoms with Crippen molar-refractivity contribution in [1.29, 1.82) is 0 Å². The average molecular weight is 290 g/mol. The lowest BCUT2D eigenvalue weighted by Gasteiger charge is -2.26. The van der Waals surface area contributed by atoms with E-state index >= 15 is 0 Å². The first-order chi connectivity index (χ1) is 10.2. The van der Waals surface area contributed by atoms with Crippen molar-refractivity contribution in [2.24, 2.45) is 0 Å². The van der Waals surface area contributed by atoms with E-state index in [1.807, 2.05) is 4.90 Å². The molecule has 3 rings (SSSR count). The molecule has 0 spiro atoms. The molecular weight excluding hydrogens is 268 g/mol. The number of nitrogens with zero attached hydrogens (tertiary/aromatic N) is 1. The summed E-state index contributed by atoms with van der Waals surface area (Å²) in [5.74, 6) is 0.468. The number of hydrogen-bond acceptors (Lipinski definition) is 4. The number of methoxy groups -OCH3 is 1. The molecule has 0 aromatic heterocycles. The number of hydrogen-bond donors (Lipinski definition) is 2. The number of phenols is 1. The third-order valence-electron chi connectivity index (χ3n) is 4.26. The first-order valence-corrected chi connectivity index (χ1v) is 7.60. The lowest BCUT2D eigenvalue weighted by molar-refractivity contribution is 0.0725. The topological polar surface area (TPSA) is 61.8 Å². The van der Waals surface area contributed by atoms with Crippen LogP contribution in [0, 0.1) is 0 Å². The number of aromatic hydroxyl groups is 1. The van der Waals surface area contributed by atoms with E-state index in [0.29, 0.717) is 23.4 Å². The minimum Gasteiger partial charge on any atom is -0.507 e. The van der Waals surface area contributed by atoms with E-state index in [2.05, 4.69) is 5.32 Å². The summed E-state index contributed by atoms with van der Waals surface area (Å²) >= 11 is 0. The summed E-state index contributed by atoms with van der Waals surface area (Å²) in [5.41, 5.74) is 0.362. The SMILES string of the molecule is COc1ccc(C(=O)N(CC2CCCN2)C2CC2)c(O)c1. The molecule has 1 amide bonds. The fourth-order valence-electron chi connectivity index (χ4n) is 2.91. The first kappa shape index (κ1) is 14.2. The van der Waals surface area contributed by atoms with Gasteiger partial charge in [0.05, 0.1) is 12.7 Å². The van der Waals surface area contributed by atoms with Gasteiger partial charge in [0.25, 0.3) is 5.91 Å². The molecule has 1 aromatic carbocycles. The van der Waals surface area contributed by atoms with E-state index in [9.17, 15) is 9.90 Å². The van der Waals surface area contributed by atoms with Crippen molar-refractivity contribution in [3.8, 4) is 11.5 Å². The predicted octanol–water partition coefficient (Wildman–Crippen LogP) is 1.76. The van der Waals surface area contributed by atoms with Gasteiger partial charge in [0.2, 0.25) is 0 Å². The van der Waals surface area contributed by atoms with Crippen LogP contribution < -0.4 is 10.1 Å². The standard InChI is InChI=1S/C16H22N2O3/c1-21-13-6-7-14(15(19)9-13)16(20)18(12-4-5-12)10-11-3-2-8-17-11/h6-7,9,11-12,17,19H,2-5,8,10H2,1H3. The molecule has 114 valence electrons. The fraction of sp³-hybridized carbons (Fsp3) is 0.562. The molecular formula is C16H22N2O3. The quantitative estimate of drug-likeness (QED) is 0.867. The molecule has 1 unspecified atom stereocenters. The number of rotatable bonds is 5. The fourth-order valence-corrected chi connectivity index (χ4v) is 2.91. The average Bonchev–Trinajstić information content (AvgIpc) is 3.20. The van der Waals surface area contributed by atoms with Crippen LogP contribution in [0.2, 0.25) is 0 Å². The van der Waals surface area contributed by atoms with E-state index in [1.165, 1.54) is 12.5 Å². The van der Waals surface area contributed by atoms with Gasteiger partial charge in [-0.3, -0.25) is 4.79 Å². The summed E-state index contributed by atoms with van der Waals surface area (Å²) < 4.78 is 5.06. The van der Waals surface area contributed by atoms with Gasteiger partial charge in [-0.2, -0.15) is 0 Å². The number of nitrogens with one attached hydrogen (secondary N) is 1. The number of ether oxygens (including phenoxy) is 1. The molecule has 0 radical (unpaired) electrons. The number of benzene rings is 1.